The number of anilines is 1. The molecule has 60 valence electrons. The lowest BCUT2D eigenvalue weighted by Crippen LogP contribution is -1.80. The Morgan fingerprint density at radius 1 is 1.18 bits per heavy atom. The van der Waals surface area contributed by atoms with Gasteiger partial charge in [0.15, 0.2) is 0 Å². The van der Waals surface area contributed by atoms with E-state index in [1.165, 1.54) is 0 Å². The first kappa shape index (κ1) is 10.3. The van der Waals surface area contributed by atoms with Gasteiger partial charge in [0, 0.05) is 10.7 Å². The highest BCUT2D eigenvalue weighted by atomic mass is 35.5. The molecular formula is C6H9BClNO2. The van der Waals surface area contributed by atoms with Crippen LogP contribution >= 0.6 is 11.6 Å². The lowest BCUT2D eigenvalue weighted by Gasteiger charge is -1.88. The summed E-state index contributed by atoms with van der Waals surface area (Å²) in [6.07, 6.45) is 0. The highest BCUT2D eigenvalue weighted by Crippen LogP contribution is 2.09. The Morgan fingerprint density at radius 3 is 1.82 bits per heavy atom. The predicted octanol–water partition coefficient (Wildman–Crippen LogP) is 0.160. The monoisotopic (exact) mass is 173 g/mol. The topological polar surface area (TPSA) is 66.5 Å². The summed E-state index contributed by atoms with van der Waals surface area (Å²) in [6.45, 7) is 0. The third-order valence-electron chi connectivity index (χ3n) is 0.870. The quantitative estimate of drug-likeness (QED) is 0.387. The first-order chi connectivity index (χ1) is 5.20. The molecule has 0 aliphatic carbocycles. The molecule has 0 bridgehead atoms. The summed E-state index contributed by atoms with van der Waals surface area (Å²) in [4.78, 5) is 0. The third-order valence-corrected chi connectivity index (χ3v) is 1.12. The lowest BCUT2D eigenvalue weighted by atomic mass is 10.3. The molecule has 0 aliphatic rings. The Morgan fingerprint density at radius 2 is 1.55 bits per heavy atom. The van der Waals surface area contributed by atoms with Gasteiger partial charge in [-0.15, -0.1) is 0 Å². The van der Waals surface area contributed by atoms with Gasteiger partial charge in [0.25, 0.3) is 0 Å². The highest BCUT2D eigenvalue weighted by molar-refractivity contribution is 6.30. The highest BCUT2D eigenvalue weighted by Gasteiger charge is 1.82. The van der Waals surface area contributed by atoms with Gasteiger partial charge in [0.05, 0.1) is 0 Å². The van der Waals surface area contributed by atoms with Crippen molar-refractivity contribution >= 4 is 25.0 Å². The van der Waals surface area contributed by atoms with E-state index in [4.69, 9.17) is 27.4 Å². The van der Waals surface area contributed by atoms with Crippen molar-refractivity contribution in [3.63, 3.8) is 0 Å². The number of hydrogen-bond acceptors (Lipinski definition) is 3. The smallest absolute Gasteiger partial charge is 0.430 e. The number of nitrogens with two attached hydrogens (primary N) is 1. The van der Waals surface area contributed by atoms with Gasteiger partial charge in [-0.1, -0.05) is 11.6 Å². The fourth-order valence-corrected chi connectivity index (χ4v) is 0.589. The maximum absolute atomic E-state index is 7.12. The number of hydrogen-bond donors (Lipinski definition) is 3. The molecule has 0 aromatic heterocycles. The van der Waals surface area contributed by atoms with Crippen molar-refractivity contribution in [1.29, 1.82) is 0 Å². The van der Waals surface area contributed by atoms with Gasteiger partial charge >= 0.3 is 7.69 Å². The minimum Gasteiger partial charge on any atom is -0.430 e. The van der Waals surface area contributed by atoms with Gasteiger partial charge in [-0.25, -0.2) is 0 Å². The largest absolute Gasteiger partial charge is 0.432 e. The number of rotatable bonds is 0. The second kappa shape index (κ2) is 6.03. The molecular weight excluding hydrogens is 164 g/mol. The minimum atomic E-state index is -0.750. The SMILES string of the molecule is Nc1ccc(Cl)cc1.OBO. The first-order valence-corrected chi connectivity index (χ1v) is 3.31. The van der Waals surface area contributed by atoms with Crippen LogP contribution in [0.15, 0.2) is 24.3 Å². The Hall–Kier alpha value is -0.705. The van der Waals surface area contributed by atoms with Gasteiger partial charge in [-0.2, -0.15) is 0 Å². The summed E-state index contributed by atoms with van der Waals surface area (Å²) in [5, 5.41) is 15.0. The van der Waals surface area contributed by atoms with Crippen molar-refractivity contribution < 1.29 is 10.0 Å². The van der Waals surface area contributed by atoms with E-state index in [0.29, 0.717) is 0 Å². The lowest BCUT2D eigenvalue weighted by molar-refractivity contribution is 0.448. The molecule has 0 radical (unpaired) electrons. The van der Waals surface area contributed by atoms with Crippen LogP contribution in [0.3, 0.4) is 0 Å². The Balaban J connectivity index is 0.000000292. The fourth-order valence-electron chi connectivity index (χ4n) is 0.463. The summed E-state index contributed by atoms with van der Waals surface area (Å²) in [5.74, 6) is 0. The molecule has 0 amide bonds. The van der Waals surface area contributed by atoms with Crippen LogP contribution in [0.2, 0.25) is 5.02 Å². The summed E-state index contributed by atoms with van der Waals surface area (Å²) in [5.41, 5.74) is 6.11. The molecule has 1 aromatic carbocycles. The van der Waals surface area contributed by atoms with E-state index in [2.05, 4.69) is 0 Å². The number of halogens is 1. The molecule has 5 heteroatoms. The zero-order valence-electron chi connectivity index (χ0n) is 5.87. The maximum Gasteiger partial charge on any atom is 0.432 e. The van der Waals surface area contributed by atoms with E-state index in [1.54, 1.807) is 24.3 Å². The Kier molecular flexibility index (Phi) is 5.65. The molecule has 0 unspecified atom stereocenters. The van der Waals surface area contributed by atoms with Crippen LogP contribution in [0.1, 0.15) is 0 Å². The molecule has 0 aliphatic heterocycles. The van der Waals surface area contributed by atoms with Crippen LogP contribution in [0, 0.1) is 0 Å². The first-order valence-electron chi connectivity index (χ1n) is 2.93. The molecule has 0 fully saturated rings. The van der Waals surface area contributed by atoms with Crippen LogP contribution < -0.4 is 5.73 Å². The van der Waals surface area contributed by atoms with E-state index in [0.717, 1.165) is 10.7 Å². The van der Waals surface area contributed by atoms with Crippen molar-refractivity contribution in [2.24, 2.45) is 0 Å². The zero-order chi connectivity index (χ0) is 8.69. The molecule has 11 heavy (non-hydrogen) atoms. The van der Waals surface area contributed by atoms with Gasteiger partial charge in [-0.3, -0.25) is 0 Å². The number of benzene rings is 1. The van der Waals surface area contributed by atoms with Crippen LogP contribution in [-0.4, -0.2) is 17.7 Å². The summed E-state index contributed by atoms with van der Waals surface area (Å²) < 4.78 is 0. The van der Waals surface area contributed by atoms with E-state index < -0.39 is 7.69 Å². The second-order valence-corrected chi connectivity index (χ2v) is 2.13. The molecule has 1 aromatic rings. The van der Waals surface area contributed by atoms with Crippen LogP contribution in [0.4, 0.5) is 5.69 Å². The third kappa shape index (κ3) is 5.73. The van der Waals surface area contributed by atoms with Crippen molar-refractivity contribution in [3.8, 4) is 0 Å². The average Bonchev–Trinajstić information content (AvgIpc) is 1.97. The van der Waals surface area contributed by atoms with Crippen molar-refractivity contribution in [2.75, 3.05) is 5.73 Å². The molecule has 0 atom stereocenters. The average molecular weight is 173 g/mol. The Bertz CT molecular complexity index is 171. The summed E-state index contributed by atoms with van der Waals surface area (Å²) in [6, 6.07) is 7.05. The van der Waals surface area contributed by atoms with E-state index in [1.807, 2.05) is 0 Å². The maximum atomic E-state index is 7.12. The fraction of sp³-hybridized carbons (Fsp3) is 0. The normalized spacial score (nSPS) is 7.91. The molecule has 0 spiro atoms. The second-order valence-electron chi connectivity index (χ2n) is 1.69. The molecule has 0 heterocycles. The molecule has 3 nitrogen and oxygen atoms in total. The van der Waals surface area contributed by atoms with E-state index in [9.17, 15) is 0 Å². The standard InChI is InChI=1S/C6H6ClN.BH3O2/c7-5-1-3-6(8)4-2-5;2-1-3/h1-4H,8H2;1-3H. The molecule has 1 rings (SSSR count). The number of nitrogen functional groups attached to an aromatic ring is 1. The van der Waals surface area contributed by atoms with E-state index >= 15 is 0 Å². The van der Waals surface area contributed by atoms with Gasteiger partial charge in [0.1, 0.15) is 0 Å². The molecule has 0 saturated heterocycles. The van der Waals surface area contributed by atoms with Crippen LogP contribution in [-0.2, 0) is 0 Å². The van der Waals surface area contributed by atoms with Gasteiger partial charge in [-0.05, 0) is 24.3 Å². The van der Waals surface area contributed by atoms with Crippen LogP contribution in [0.25, 0.3) is 0 Å². The van der Waals surface area contributed by atoms with Crippen molar-refractivity contribution in [1.82, 2.24) is 0 Å². The van der Waals surface area contributed by atoms with E-state index in [-0.39, 0.29) is 0 Å². The summed E-state index contributed by atoms with van der Waals surface area (Å²) >= 11 is 5.56. The Labute approximate surface area is 70.7 Å². The van der Waals surface area contributed by atoms with Gasteiger partial charge in [0.2, 0.25) is 0 Å². The van der Waals surface area contributed by atoms with Crippen molar-refractivity contribution in [3.05, 3.63) is 29.3 Å². The summed E-state index contributed by atoms with van der Waals surface area (Å²) in [7, 11) is -0.750. The zero-order valence-corrected chi connectivity index (χ0v) is 6.62. The minimum absolute atomic E-state index is 0.721. The molecule has 0 saturated carbocycles. The predicted molar refractivity (Wildman–Crippen MR) is 47.5 cm³/mol. The molecule has 4 N–H and O–H groups in total. The van der Waals surface area contributed by atoms with Crippen LogP contribution in [0.5, 0.6) is 0 Å². The van der Waals surface area contributed by atoms with Gasteiger partial charge < -0.3 is 15.8 Å². The van der Waals surface area contributed by atoms with Crippen molar-refractivity contribution in [2.45, 2.75) is 0 Å².